The highest BCUT2D eigenvalue weighted by molar-refractivity contribution is 6.08. The van der Waals surface area contributed by atoms with Gasteiger partial charge in [0.2, 0.25) is 0 Å². The number of anilines is 1. The fourth-order valence-electron chi connectivity index (χ4n) is 2.55. The van der Waals surface area contributed by atoms with Gasteiger partial charge in [-0.25, -0.2) is 0 Å². The van der Waals surface area contributed by atoms with Crippen molar-refractivity contribution in [2.75, 3.05) is 5.32 Å². The highest BCUT2D eigenvalue weighted by Gasteiger charge is 2.33. The number of carbonyl (C=O) groups is 2. The van der Waals surface area contributed by atoms with Crippen molar-refractivity contribution in [1.29, 1.82) is 0 Å². The van der Waals surface area contributed by atoms with Gasteiger partial charge in [-0.05, 0) is 37.1 Å². The van der Waals surface area contributed by atoms with Gasteiger partial charge >= 0.3 is 0 Å². The third-order valence-electron chi connectivity index (χ3n) is 4.03. The lowest BCUT2D eigenvalue weighted by molar-refractivity contribution is -0.125. The molecule has 1 aliphatic heterocycles. The molecule has 4 heteroatoms. The van der Waals surface area contributed by atoms with Crippen LogP contribution in [0.3, 0.4) is 0 Å². The molecule has 0 spiro atoms. The van der Waals surface area contributed by atoms with Crippen LogP contribution in [0.1, 0.15) is 11.1 Å². The Balaban J connectivity index is 1.81. The predicted octanol–water partition coefficient (Wildman–Crippen LogP) is 2.84. The molecule has 0 radical (unpaired) electrons. The summed E-state index contributed by atoms with van der Waals surface area (Å²) < 4.78 is 5.66. The first-order valence-corrected chi connectivity index (χ1v) is 7.21. The SMILES string of the molecule is Cc1cccc(NC(=O)C2=CC(=O)C3C=CC=CC3O2)c1C. The predicted molar refractivity (Wildman–Crippen MR) is 84.3 cm³/mol. The van der Waals surface area contributed by atoms with Crippen LogP contribution in [-0.2, 0) is 14.3 Å². The van der Waals surface area contributed by atoms with E-state index in [9.17, 15) is 9.59 Å². The van der Waals surface area contributed by atoms with Gasteiger partial charge in [0, 0.05) is 11.8 Å². The van der Waals surface area contributed by atoms with Crippen molar-refractivity contribution in [3.05, 3.63) is 65.5 Å². The number of nitrogens with one attached hydrogen (secondary N) is 1. The molecule has 0 bridgehead atoms. The summed E-state index contributed by atoms with van der Waals surface area (Å²) in [5.41, 5.74) is 2.81. The van der Waals surface area contributed by atoms with Crippen molar-refractivity contribution < 1.29 is 14.3 Å². The van der Waals surface area contributed by atoms with E-state index in [2.05, 4.69) is 5.32 Å². The zero-order chi connectivity index (χ0) is 15.7. The van der Waals surface area contributed by atoms with Crippen LogP contribution in [0, 0.1) is 19.8 Å². The molecule has 2 unspecified atom stereocenters. The molecule has 1 heterocycles. The number of carbonyl (C=O) groups excluding carboxylic acids is 2. The van der Waals surface area contributed by atoms with Crippen LogP contribution >= 0.6 is 0 Å². The average Bonchev–Trinajstić information content (AvgIpc) is 2.52. The first-order chi connectivity index (χ1) is 10.6. The van der Waals surface area contributed by atoms with E-state index in [-0.39, 0.29) is 17.5 Å². The number of allylic oxidation sites excluding steroid dienone is 3. The molecule has 1 amide bonds. The van der Waals surface area contributed by atoms with Crippen molar-refractivity contribution >= 4 is 17.4 Å². The van der Waals surface area contributed by atoms with Crippen LogP contribution in [0.5, 0.6) is 0 Å². The van der Waals surface area contributed by atoms with Crippen molar-refractivity contribution in [1.82, 2.24) is 0 Å². The van der Waals surface area contributed by atoms with E-state index in [4.69, 9.17) is 4.74 Å². The van der Waals surface area contributed by atoms with Crippen LogP contribution in [0.4, 0.5) is 5.69 Å². The molecule has 1 N–H and O–H groups in total. The minimum atomic E-state index is -0.401. The van der Waals surface area contributed by atoms with Gasteiger partial charge in [-0.3, -0.25) is 9.59 Å². The molecule has 112 valence electrons. The van der Waals surface area contributed by atoms with Gasteiger partial charge < -0.3 is 10.1 Å². The molecule has 22 heavy (non-hydrogen) atoms. The van der Waals surface area contributed by atoms with Gasteiger partial charge in [0.25, 0.3) is 5.91 Å². The zero-order valence-electron chi connectivity index (χ0n) is 12.5. The average molecular weight is 295 g/mol. The molecular weight excluding hydrogens is 278 g/mol. The Morgan fingerprint density at radius 1 is 1.18 bits per heavy atom. The lowest BCUT2D eigenvalue weighted by Crippen LogP contribution is -2.35. The standard InChI is InChI=1S/C18H17NO3/c1-11-6-5-8-14(12(11)2)19-18(21)17-10-15(20)13-7-3-4-9-16(13)22-17/h3-10,13,16H,1-2H3,(H,19,21). The Morgan fingerprint density at radius 3 is 2.77 bits per heavy atom. The maximum Gasteiger partial charge on any atom is 0.290 e. The molecule has 0 fully saturated rings. The minimum absolute atomic E-state index is 0.0621. The van der Waals surface area contributed by atoms with Gasteiger partial charge in [-0.1, -0.05) is 30.4 Å². The number of ether oxygens (including phenoxy) is 1. The molecule has 0 saturated heterocycles. The Labute approximate surface area is 129 Å². The van der Waals surface area contributed by atoms with E-state index in [1.807, 2.05) is 44.2 Å². The topological polar surface area (TPSA) is 55.4 Å². The van der Waals surface area contributed by atoms with Crippen molar-refractivity contribution in [3.8, 4) is 0 Å². The Morgan fingerprint density at radius 2 is 1.95 bits per heavy atom. The van der Waals surface area contributed by atoms with E-state index >= 15 is 0 Å². The fourth-order valence-corrected chi connectivity index (χ4v) is 2.55. The summed E-state index contributed by atoms with van der Waals surface area (Å²) >= 11 is 0. The number of rotatable bonds is 2. The second kappa shape index (κ2) is 5.64. The van der Waals surface area contributed by atoms with Crippen LogP contribution < -0.4 is 5.32 Å². The van der Waals surface area contributed by atoms with E-state index in [0.29, 0.717) is 0 Å². The minimum Gasteiger partial charge on any atom is -0.479 e. The summed E-state index contributed by atoms with van der Waals surface area (Å²) in [4.78, 5) is 24.4. The maximum absolute atomic E-state index is 12.4. The van der Waals surface area contributed by atoms with Crippen LogP contribution in [0.15, 0.2) is 54.3 Å². The summed E-state index contributed by atoms with van der Waals surface area (Å²) in [6.07, 6.45) is 8.11. The largest absolute Gasteiger partial charge is 0.479 e. The molecule has 0 aromatic heterocycles. The third kappa shape index (κ3) is 2.60. The number of hydrogen-bond donors (Lipinski definition) is 1. The Hall–Kier alpha value is -2.62. The summed E-state index contributed by atoms with van der Waals surface area (Å²) in [6.45, 7) is 3.92. The number of amides is 1. The fraction of sp³-hybridized carbons (Fsp3) is 0.222. The summed E-state index contributed by atoms with van der Waals surface area (Å²) in [5.74, 6) is -0.777. The normalized spacial score (nSPS) is 22.6. The summed E-state index contributed by atoms with van der Waals surface area (Å²) in [6, 6.07) is 5.69. The van der Waals surface area contributed by atoms with Gasteiger partial charge in [0.05, 0.1) is 5.92 Å². The monoisotopic (exact) mass is 295 g/mol. The molecule has 1 aromatic carbocycles. The lowest BCUT2D eigenvalue weighted by Gasteiger charge is -2.28. The number of ketones is 1. The van der Waals surface area contributed by atoms with E-state index in [0.717, 1.165) is 16.8 Å². The molecular formula is C18H17NO3. The molecule has 2 aliphatic rings. The van der Waals surface area contributed by atoms with Crippen LogP contribution in [0.2, 0.25) is 0 Å². The molecule has 3 rings (SSSR count). The smallest absolute Gasteiger partial charge is 0.290 e. The molecule has 4 nitrogen and oxygen atoms in total. The Bertz CT molecular complexity index is 728. The molecule has 1 aromatic rings. The highest BCUT2D eigenvalue weighted by atomic mass is 16.5. The van der Waals surface area contributed by atoms with Crippen LogP contribution in [0.25, 0.3) is 0 Å². The van der Waals surface area contributed by atoms with E-state index in [1.165, 1.54) is 6.08 Å². The highest BCUT2D eigenvalue weighted by Crippen LogP contribution is 2.26. The first-order valence-electron chi connectivity index (χ1n) is 7.21. The number of aryl methyl sites for hydroxylation is 1. The van der Waals surface area contributed by atoms with Gasteiger partial charge in [0.1, 0.15) is 6.10 Å². The molecule has 2 atom stereocenters. The van der Waals surface area contributed by atoms with Crippen LogP contribution in [-0.4, -0.2) is 17.8 Å². The third-order valence-corrected chi connectivity index (χ3v) is 4.03. The number of fused-ring (bicyclic) bond motifs is 1. The quantitative estimate of drug-likeness (QED) is 0.912. The summed E-state index contributed by atoms with van der Waals surface area (Å²) in [5, 5.41) is 2.81. The second-order valence-corrected chi connectivity index (χ2v) is 5.49. The van der Waals surface area contributed by atoms with Crippen molar-refractivity contribution in [2.45, 2.75) is 20.0 Å². The van der Waals surface area contributed by atoms with E-state index < -0.39 is 12.0 Å². The van der Waals surface area contributed by atoms with Crippen molar-refractivity contribution in [3.63, 3.8) is 0 Å². The molecule has 0 saturated carbocycles. The molecule has 1 aliphatic carbocycles. The van der Waals surface area contributed by atoms with Gasteiger partial charge in [-0.15, -0.1) is 0 Å². The maximum atomic E-state index is 12.4. The Kier molecular flexibility index (Phi) is 3.67. The number of benzene rings is 1. The van der Waals surface area contributed by atoms with Gasteiger partial charge in [-0.2, -0.15) is 0 Å². The van der Waals surface area contributed by atoms with Crippen molar-refractivity contribution in [2.24, 2.45) is 5.92 Å². The zero-order valence-corrected chi connectivity index (χ0v) is 12.5. The summed E-state index contributed by atoms with van der Waals surface area (Å²) in [7, 11) is 0. The van der Waals surface area contributed by atoms with E-state index in [1.54, 1.807) is 12.2 Å². The first kappa shape index (κ1) is 14.3. The van der Waals surface area contributed by atoms with Gasteiger partial charge in [0.15, 0.2) is 11.5 Å². The second-order valence-electron chi connectivity index (χ2n) is 5.49. The lowest BCUT2D eigenvalue weighted by atomic mass is 9.91. The number of hydrogen-bond acceptors (Lipinski definition) is 3.